The van der Waals surface area contributed by atoms with Crippen LogP contribution in [-0.2, 0) is 12.7 Å². The third-order valence-corrected chi connectivity index (χ3v) is 4.27. The fourth-order valence-corrected chi connectivity index (χ4v) is 3.21. The number of fused-ring (bicyclic) bond motifs is 1. The average Bonchev–Trinajstić information content (AvgIpc) is 2.78. The Kier molecular flexibility index (Phi) is 3.43. The van der Waals surface area contributed by atoms with Gasteiger partial charge >= 0.3 is 6.18 Å². The van der Waals surface area contributed by atoms with E-state index in [9.17, 15) is 18.0 Å². The molecule has 1 aromatic rings. The first-order valence-electron chi connectivity index (χ1n) is 7.14. The molecule has 2 unspecified atom stereocenters. The van der Waals surface area contributed by atoms with Crippen molar-refractivity contribution in [1.29, 1.82) is 0 Å². The maximum absolute atomic E-state index is 13.2. The molecule has 6 heteroatoms. The van der Waals surface area contributed by atoms with E-state index >= 15 is 0 Å². The molecule has 114 valence electrons. The molecule has 1 amide bonds. The number of piperidine rings is 1. The third-order valence-electron chi connectivity index (χ3n) is 4.27. The van der Waals surface area contributed by atoms with Gasteiger partial charge in [-0.25, -0.2) is 0 Å². The van der Waals surface area contributed by atoms with E-state index in [0.29, 0.717) is 5.56 Å². The fraction of sp³-hybridized carbons (Fsp3) is 0.533. The first-order valence-corrected chi connectivity index (χ1v) is 7.14. The van der Waals surface area contributed by atoms with Crippen LogP contribution < -0.4 is 10.6 Å². The number of rotatable bonds is 1. The molecule has 2 N–H and O–H groups in total. The van der Waals surface area contributed by atoms with Crippen LogP contribution >= 0.6 is 0 Å². The van der Waals surface area contributed by atoms with Crippen LogP contribution in [0.5, 0.6) is 0 Å². The Labute approximate surface area is 120 Å². The monoisotopic (exact) mass is 298 g/mol. The SMILES string of the molecule is CC1CCCC(c2cc3c(c(C(F)(F)F)c2)CNC3=O)N1. The van der Waals surface area contributed by atoms with Gasteiger partial charge in [0, 0.05) is 24.2 Å². The number of alkyl halides is 3. The van der Waals surface area contributed by atoms with Crippen molar-refractivity contribution in [2.45, 2.75) is 51.0 Å². The van der Waals surface area contributed by atoms with Crippen molar-refractivity contribution in [2.24, 2.45) is 0 Å². The zero-order valence-corrected chi connectivity index (χ0v) is 11.7. The van der Waals surface area contributed by atoms with Gasteiger partial charge in [0.25, 0.3) is 5.91 Å². The van der Waals surface area contributed by atoms with E-state index in [1.54, 1.807) is 6.07 Å². The standard InChI is InChI=1S/C15H17F3N2O/c1-8-3-2-4-13(20-8)9-5-10-11(7-19-14(10)21)12(6-9)15(16,17)18/h5-6,8,13,20H,2-4,7H2,1H3,(H,19,21). The summed E-state index contributed by atoms with van der Waals surface area (Å²) in [6.07, 6.45) is -1.65. The molecule has 2 aliphatic heterocycles. The maximum atomic E-state index is 13.2. The fourth-order valence-electron chi connectivity index (χ4n) is 3.21. The predicted molar refractivity (Wildman–Crippen MR) is 71.8 cm³/mol. The minimum Gasteiger partial charge on any atom is -0.348 e. The number of carbonyl (C=O) groups excluding carboxylic acids is 1. The van der Waals surface area contributed by atoms with Gasteiger partial charge in [-0.15, -0.1) is 0 Å². The van der Waals surface area contributed by atoms with E-state index in [4.69, 9.17) is 0 Å². The maximum Gasteiger partial charge on any atom is 0.416 e. The first-order chi connectivity index (χ1) is 9.86. The van der Waals surface area contributed by atoms with Gasteiger partial charge in [-0.1, -0.05) is 6.42 Å². The van der Waals surface area contributed by atoms with Gasteiger partial charge in [0.15, 0.2) is 0 Å². The summed E-state index contributed by atoms with van der Waals surface area (Å²) < 4.78 is 39.7. The summed E-state index contributed by atoms with van der Waals surface area (Å²) in [4.78, 5) is 11.7. The summed E-state index contributed by atoms with van der Waals surface area (Å²) in [6, 6.07) is 2.98. The van der Waals surface area contributed by atoms with Gasteiger partial charge in [-0.3, -0.25) is 4.79 Å². The van der Waals surface area contributed by atoms with Crippen molar-refractivity contribution >= 4 is 5.91 Å². The minimum atomic E-state index is -4.44. The van der Waals surface area contributed by atoms with E-state index in [2.05, 4.69) is 10.6 Å². The second kappa shape index (κ2) is 5.02. The molecule has 0 spiro atoms. The second-order valence-corrected chi connectivity index (χ2v) is 5.83. The highest BCUT2D eigenvalue weighted by atomic mass is 19.4. The molecule has 3 nitrogen and oxygen atoms in total. The zero-order valence-electron chi connectivity index (χ0n) is 11.7. The van der Waals surface area contributed by atoms with Gasteiger partial charge < -0.3 is 10.6 Å². The number of hydrogen-bond donors (Lipinski definition) is 2. The summed E-state index contributed by atoms with van der Waals surface area (Å²) >= 11 is 0. The Morgan fingerprint density at radius 1 is 1.24 bits per heavy atom. The summed E-state index contributed by atoms with van der Waals surface area (Å²) in [5.74, 6) is -0.416. The molecule has 0 aliphatic carbocycles. The number of benzene rings is 1. The lowest BCUT2D eigenvalue weighted by molar-refractivity contribution is -0.138. The molecule has 1 fully saturated rings. The Bertz CT molecular complexity index is 583. The summed E-state index contributed by atoms with van der Waals surface area (Å²) in [7, 11) is 0. The highest BCUT2D eigenvalue weighted by molar-refractivity contribution is 5.99. The van der Waals surface area contributed by atoms with Crippen LogP contribution in [-0.4, -0.2) is 11.9 Å². The van der Waals surface area contributed by atoms with Crippen LogP contribution in [0.3, 0.4) is 0 Å². The van der Waals surface area contributed by atoms with Crippen LogP contribution in [0.2, 0.25) is 0 Å². The first kappa shape index (κ1) is 14.4. The molecule has 0 saturated carbocycles. The second-order valence-electron chi connectivity index (χ2n) is 5.83. The molecule has 1 aromatic carbocycles. The molecule has 21 heavy (non-hydrogen) atoms. The van der Waals surface area contributed by atoms with Crippen molar-refractivity contribution in [3.63, 3.8) is 0 Å². The minimum absolute atomic E-state index is 0.0439. The lowest BCUT2D eigenvalue weighted by Crippen LogP contribution is -2.34. The van der Waals surface area contributed by atoms with Gasteiger partial charge in [0.1, 0.15) is 0 Å². The lowest BCUT2D eigenvalue weighted by Gasteiger charge is -2.30. The topological polar surface area (TPSA) is 41.1 Å². The van der Waals surface area contributed by atoms with Crippen LogP contribution in [0.25, 0.3) is 0 Å². The molecule has 2 aliphatic rings. The Balaban J connectivity index is 2.06. The number of nitrogens with one attached hydrogen (secondary N) is 2. The van der Waals surface area contributed by atoms with Crippen LogP contribution in [0.15, 0.2) is 12.1 Å². The molecule has 0 radical (unpaired) electrons. The molecule has 0 aromatic heterocycles. The Morgan fingerprint density at radius 2 is 2.00 bits per heavy atom. The van der Waals surface area contributed by atoms with Gasteiger partial charge in [-0.2, -0.15) is 13.2 Å². The molecular weight excluding hydrogens is 281 g/mol. The Morgan fingerprint density at radius 3 is 2.67 bits per heavy atom. The smallest absolute Gasteiger partial charge is 0.348 e. The van der Waals surface area contributed by atoms with Crippen LogP contribution in [0.4, 0.5) is 13.2 Å². The molecular formula is C15H17F3N2O. The summed E-state index contributed by atoms with van der Waals surface area (Å²) in [6.45, 7) is 1.98. The number of amides is 1. The van der Waals surface area contributed by atoms with E-state index in [-0.39, 0.29) is 29.8 Å². The largest absolute Gasteiger partial charge is 0.416 e. The number of carbonyl (C=O) groups is 1. The van der Waals surface area contributed by atoms with Crippen molar-refractivity contribution in [3.05, 3.63) is 34.4 Å². The van der Waals surface area contributed by atoms with E-state index < -0.39 is 17.6 Å². The molecule has 2 atom stereocenters. The molecule has 2 heterocycles. The third kappa shape index (κ3) is 2.64. The summed E-state index contributed by atoms with van der Waals surface area (Å²) in [5.41, 5.74) is 0.109. The Hall–Kier alpha value is -1.56. The molecule has 3 rings (SSSR count). The average molecular weight is 298 g/mol. The van der Waals surface area contributed by atoms with Crippen molar-refractivity contribution in [1.82, 2.24) is 10.6 Å². The number of halogens is 3. The normalized spacial score (nSPS) is 25.6. The van der Waals surface area contributed by atoms with Gasteiger partial charge in [0.05, 0.1) is 5.56 Å². The zero-order chi connectivity index (χ0) is 15.2. The van der Waals surface area contributed by atoms with Crippen molar-refractivity contribution in [2.75, 3.05) is 0 Å². The molecule has 0 bridgehead atoms. The van der Waals surface area contributed by atoms with Gasteiger partial charge in [0.2, 0.25) is 0 Å². The van der Waals surface area contributed by atoms with E-state index in [0.717, 1.165) is 19.3 Å². The summed E-state index contributed by atoms with van der Waals surface area (Å²) in [5, 5.41) is 5.80. The quantitative estimate of drug-likeness (QED) is 0.836. The lowest BCUT2D eigenvalue weighted by atomic mass is 9.90. The van der Waals surface area contributed by atoms with Crippen molar-refractivity contribution in [3.8, 4) is 0 Å². The number of hydrogen-bond acceptors (Lipinski definition) is 2. The highest BCUT2D eigenvalue weighted by Gasteiger charge is 2.38. The van der Waals surface area contributed by atoms with E-state index in [1.807, 2.05) is 6.92 Å². The highest BCUT2D eigenvalue weighted by Crippen LogP contribution is 2.38. The van der Waals surface area contributed by atoms with Crippen LogP contribution in [0, 0.1) is 0 Å². The molecule has 1 saturated heterocycles. The van der Waals surface area contributed by atoms with Gasteiger partial charge in [-0.05, 0) is 43.0 Å². The van der Waals surface area contributed by atoms with Crippen LogP contribution in [0.1, 0.15) is 59.3 Å². The van der Waals surface area contributed by atoms with Crippen molar-refractivity contribution < 1.29 is 18.0 Å². The predicted octanol–water partition coefficient (Wildman–Crippen LogP) is 3.15. The van der Waals surface area contributed by atoms with E-state index in [1.165, 1.54) is 6.07 Å².